The molecule has 0 unspecified atom stereocenters. The predicted octanol–water partition coefficient (Wildman–Crippen LogP) is 3.11. The highest BCUT2D eigenvalue weighted by atomic mass is 16.5. The summed E-state index contributed by atoms with van der Waals surface area (Å²) in [4.78, 5) is 12.0. The van der Waals surface area contributed by atoms with E-state index < -0.39 is 0 Å². The Hall–Kier alpha value is -2.53. The summed E-state index contributed by atoms with van der Waals surface area (Å²) in [6.45, 7) is 2.37. The van der Waals surface area contributed by atoms with Crippen LogP contribution in [0.4, 0.5) is 16.2 Å². The van der Waals surface area contributed by atoms with Crippen LogP contribution in [0.2, 0.25) is 0 Å². The summed E-state index contributed by atoms with van der Waals surface area (Å²) in [5.41, 5.74) is 8.98. The van der Waals surface area contributed by atoms with Crippen LogP contribution in [-0.4, -0.2) is 13.1 Å². The van der Waals surface area contributed by atoms with Crippen LogP contribution < -0.4 is 21.1 Å². The van der Waals surface area contributed by atoms with E-state index in [9.17, 15) is 4.79 Å². The van der Waals surface area contributed by atoms with E-state index in [4.69, 9.17) is 10.5 Å². The quantitative estimate of drug-likeness (QED) is 0.808. The monoisotopic (exact) mass is 285 g/mol. The lowest BCUT2D eigenvalue weighted by atomic mass is 10.1. The van der Waals surface area contributed by atoms with Gasteiger partial charge in [-0.1, -0.05) is 18.2 Å². The maximum atomic E-state index is 12.0. The number of nitrogens with two attached hydrogens (primary N) is 1. The predicted molar refractivity (Wildman–Crippen MR) is 84.7 cm³/mol. The Morgan fingerprint density at radius 1 is 1.19 bits per heavy atom. The third kappa shape index (κ3) is 3.97. The van der Waals surface area contributed by atoms with Gasteiger partial charge < -0.3 is 21.1 Å². The number of methoxy groups -OCH3 is 1. The van der Waals surface area contributed by atoms with Crippen LogP contribution >= 0.6 is 0 Å². The molecule has 0 bridgehead atoms. The van der Waals surface area contributed by atoms with Crippen LogP contribution in [0.5, 0.6) is 5.75 Å². The Morgan fingerprint density at radius 2 is 2.00 bits per heavy atom. The Kier molecular flexibility index (Phi) is 4.79. The molecular weight excluding hydrogens is 266 g/mol. The van der Waals surface area contributed by atoms with Gasteiger partial charge in [0.15, 0.2) is 0 Å². The van der Waals surface area contributed by atoms with Crippen LogP contribution in [0.15, 0.2) is 42.5 Å². The molecule has 21 heavy (non-hydrogen) atoms. The molecule has 2 aromatic rings. The second kappa shape index (κ2) is 6.76. The van der Waals surface area contributed by atoms with Crippen LogP contribution in [0, 0.1) is 6.92 Å². The first-order chi connectivity index (χ1) is 10.1. The lowest BCUT2D eigenvalue weighted by molar-refractivity contribution is 0.262. The van der Waals surface area contributed by atoms with Crippen LogP contribution in [0.3, 0.4) is 0 Å². The minimum Gasteiger partial charge on any atom is -0.497 e. The van der Waals surface area contributed by atoms with E-state index in [2.05, 4.69) is 10.6 Å². The van der Waals surface area contributed by atoms with Gasteiger partial charge in [0.2, 0.25) is 0 Å². The van der Waals surface area contributed by atoms with Gasteiger partial charge in [0.1, 0.15) is 5.75 Å². The summed E-state index contributed by atoms with van der Waals surface area (Å²) >= 11 is 0. The molecule has 0 heterocycles. The summed E-state index contributed by atoms with van der Waals surface area (Å²) in [6.07, 6.45) is 0. The van der Waals surface area contributed by atoms with Gasteiger partial charge >= 0.3 is 6.03 Å². The van der Waals surface area contributed by atoms with Crippen molar-refractivity contribution < 1.29 is 9.53 Å². The van der Waals surface area contributed by atoms with Gasteiger partial charge in [-0.2, -0.15) is 0 Å². The van der Waals surface area contributed by atoms with Crippen molar-refractivity contribution in [3.63, 3.8) is 0 Å². The Morgan fingerprint density at radius 3 is 2.71 bits per heavy atom. The fraction of sp³-hybridized carbons (Fsp3) is 0.188. The topological polar surface area (TPSA) is 76.4 Å². The lowest BCUT2D eigenvalue weighted by Gasteiger charge is -2.11. The van der Waals surface area contributed by atoms with Crippen molar-refractivity contribution in [2.45, 2.75) is 13.5 Å². The first kappa shape index (κ1) is 14.9. The molecule has 5 nitrogen and oxygen atoms in total. The van der Waals surface area contributed by atoms with E-state index in [0.29, 0.717) is 18.0 Å². The largest absolute Gasteiger partial charge is 0.497 e. The van der Waals surface area contributed by atoms with Crippen molar-refractivity contribution in [1.29, 1.82) is 0 Å². The third-order valence-corrected chi connectivity index (χ3v) is 3.11. The molecule has 0 spiro atoms. The van der Waals surface area contributed by atoms with Crippen molar-refractivity contribution in [2.75, 3.05) is 17.7 Å². The zero-order valence-electron chi connectivity index (χ0n) is 12.1. The molecule has 2 rings (SSSR count). The van der Waals surface area contributed by atoms with E-state index in [1.54, 1.807) is 19.2 Å². The highest BCUT2D eigenvalue weighted by Crippen LogP contribution is 2.19. The van der Waals surface area contributed by atoms with Crippen LogP contribution in [0.1, 0.15) is 11.1 Å². The smallest absolute Gasteiger partial charge is 0.323 e. The minimum absolute atomic E-state index is 0.305. The molecule has 0 aromatic heterocycles. The zero-order chi connectivity index (χ0) is 15.2. The highest BCUT2D eigenvalue weighted by molar-refractivity contribution is 6.00. The molecule has 0 aliphatic rings. The van der Waals surface area contributed by atoms with Gasteiger partial charge in [0.25, 0.3) is 0 Å². The third-order valence-electron chi connectivity index (χ3n) is 3.11. The van der Waals surface area contributed by atoms with Crippen molar-refractivity contribution in [1.82, 2.24) is 0 Å². The van der Waals surface area contributed by atoms with Crippen LogP contribution in [0.25, 0.3) is 0 Å². The average Bonchev–Trinajstić information content (AvgIpc) is 2.49. The summed E-state index contributed by atoms with van der Waals surface area (Å²) < 4.78 is 5.12. The number of ether oxygens (including phenoxy) is 1. The lowest BCUT2D eigenvalue weighted by Crippen LogP contribution is -2.20. The first-order valence-corrected chi connectivity index (χ1v) is 6.64. The van der Waals surface area contributed by atoms with Gasteiger partial charge in [0.05, 0.1) is 7.11 Å². The van der Waals surface area contributed by atoms with E-state index in [1.807, 2.05) is 37.3 Å². The summed E-state index contributed by atoms with van der Waals surface area (Å²) in [7, 11) is 1.58. The molecule has 4 N–H and O–H groups in total. The number of nitrogens with one attached hydrogen (secondary N) is 2. The van der Waals surface area contributed by atoms with E-state index in [-0.39, 0.29) is 6.03 Å². The summed E-state index contributed by atoms with van der Waals surface area (Å²) in [6, 6.07) is 12.6. The number of urea groups is 1. The summed E-state index contributed by atoms with van der Waals surface area (Å²) in [5.74, 6) is 0.689. The van der Waals surface area contributed by atoms with Crippen LogP contribution in [-0.2, 0) is 6.54 Å². The Labute approximate surface area is 124 Å². The number of carbonyl (C=O) groups excluding carboxylic acids is 1. The SMILES string of the molecule is COc1cccc(NC(=O)Nc2cc(CN)ccc2C)c1. The number of anilines is 2. The molecule has 0 aliphatic carbocycles. The standard InChI is InChI=1S/C16H19N3O2/c1-11-6-7-12(10-17)8-15(11)19-16(20)18-13-4-3-5-14(9-13)21-2/h3-9H,10,17H2,1-2H3,(H2,18,19,20). The van der Waals surface area contributed by atoms with Gasteiger partial charge in [-0.25, -0.2) is 4.79 Å². The molecule has 2 aromatic carbocycles. The number of amides is 2. The highest BCUT2D eigenvalue weighted by Gasteiger charge is 2.06. The molecule has 0 aliphatic heterocycles. The van der Waals surface area contributed by atoms with E-state index in [0.717, 1.165) is 16.8 Å². The molecule has 0 radical (unpaired) electrons. The zero-order valence-corrected chi connectivity index (χ0v) is 12.1. The number of hydrogen-bond acceptors (Lipinski definition) is 3. The molecule has 0 saturated carbocycles. The molecule has 5 heteroatoms. The Balaban J connectivity index is 2.07. The molecule has 0 fully saturated rings. The maximum absolute atomic E-state index is 12.0. The van der Waals surface area contributed by atoms with E-state index >= 15 is 0 Å². The minimum atomic E-state index is -0.305. The van der Waals surface area contributed by atoms with Crippen molar-refractivity contribution >= 4 is 17.4 Å². The number of aryl methyl sites for hydroxylation is 1. The number of rotatable bonds is 4. The van der Waals surface area contributed by atoms with Gasteiger partial charge in [-0.05, 0) is 36.2 Å². The fourth-order valence-corrected chi connectivity index (χ4v) is 1.92. The normalized spacial score (nSPS) is 10.0. The number of benzene rings is 2. The summed E-state index contributed by atoms with van der Waals surface area (Å²) in [5, 5.41) is 5.59. The van der Waals surface area contributed by atoms with Gasteiger partial charge in [-0.15, -0.1) is 0 Å². The van der Waals surface area contributed by atoms with Gasteiger partial charge in [0, 0.05) is 24.0 Å². The van der Waals surface area contributed by atoms with Crippen molar-refractivity contribution in [3.8, 4) is 5.75 Å². The van der Waals surface area contributed by atoms with Crippen molar-refractivity contribution in [3.05, 3.63) is 53.6 Å². The second-order valence-electron chi connectivity index (χ2n) is 4.66. The number of hydrogen-bond donors (Lipinski definition) is 3. The number of carbonyl (C=O) groups is 1. The van der Waals surface area contributed by atoms with Crippen molar-refractivity contribution in [2.24, 2.45) is 5.73 Å². The maximum Gasteiger partial charge on any atom is 0.323 e. The molecule has 110 valence electrons. The first-order valence-electron chi connectivity index (χ1n) is 6.64. The molecular formula is C16H19N3O2. The molecule has 0 atom stereocenters. The molecule has 0 saturated heterocycles. The fourth-order valence-electron chi connectivity index (χ4n) is 1.92. The van der Waals surface area contributed by atoms with E-state index in [1.165, 1.54) is 0 Å². The molecule has 2 amide bonds. The Bertz CT molecular complexity index is 641. The average molecular weight is 285 g/mol. The second-order valence-corrected chi connectivity index (χ2v) is 4.66. The van der Waals surface area contributed by atoms with Gasteiger partial charge in [-0.3, -0.25) is 0 Å².